The lowest BCUT2D eigenvalue weighted by Gasteiger charge is -2.36. The number of hydrogen-bond donors (Lipinski definition) is 3. The molecule has 5 rings (SSSR count). The maximum atomic E-state index is 12.7. The van der Waals surface area contributed by atoms with Gasteiger partial charge in [0.05, 0.1) is 43.1 Å². The monoisotopic (exact) mass is 537 g/mol. The molecule has 2 aliphatic heterocycles. The molecule has 2 amide bonds. The number of hydrogen-bond acceptors (Lipinski definition) is 9. The van der Waals surface area contributed by atoms with E-state index in [4.69, 9.17) is 14.5 Å². The van der Waals surface area contributed by atoms with Crippen LogP contribution in [0, 0.1) is 0 Å². The number of aliphatic hydroxyl groups is 1. The number of carbonyl (C=O) groups is 2. The van der Waals surface area contributed by atoms with E-state index in [1.165, 1.54) is 11.3 Å². The van der Waals surface area contributed by atoms with Gasteiger partial charge in [0.15, 0.2) is 5.13 Å². The van der Waals surface area contributed by atoms with Gasteiger partial charge in [-0.25, -0.2) is 9.97 Å². The van der Waals surface area contributed by atoms with Crippen molar-refractivity contribution in [3.63, 3.8) is 0 Å². The minimum atomic E-state index is -0.557. The van der Waals surface area contributed by atoms with E-state index in [2.05, 4.69) is 34.4 Å². The maximum absolute atomic E-state index is 12.7. The molecule has 1 aromatic carbocycles. The Morgan fingerprint density at radius 2 is 1.95 bits per heavy atom. The van der Waals surface area contributed by atoms with Gasteiger partial charge in [0.25, 0.3) is 5.91 Å². The quantitative estimate of drug-likeness (QED) is 0.420. The molecule has 10 nitrogen and oxygen atoms in total. The van der Waals surface area contributed by atoms with E-state index in [0.29, 0.717) is 28.7 Å². The molecule has 3 aromatic rings. The highest BCUT2D eigenvalue weighted by molar-refractivity contribution is 7.14. The van der Waals surface area contributed by atoms with Crippen LogP contribution in [0.25, 0.3) is 11.4 Å². The lowest BCUT2D eigenvalue weighted by Crippen LogP contribution is -2.45. The normalized spacial score (nSPS) is 22.5. The fourth-order valence-electron chi connectivity index (χ4n) is 4.70. The first-order chi connectivity index (χ1) is 18.2. The van der Waals surface area contributed by atoms with Gasteiger partial charge in [-0.05, 0) is 51.1 Å². The zero-order valence-electron chi connectivity index (χ0n) is 21.6. The number of fused-ring (bicyclic) bond motifs is 1. The van der Waals surface area contributed by atoms with Gasteiger partial charge in [0, 0.05) is 29.6 Å². The highest BCUT2D eigenvalue weighted by Gasteiger charge is 2.36. The first-order valence-corrected chi connectivity index (χ1v) is 13.4. The molecule has 2 aromatic heterocycles. The molecule has 1 fully saturated rings. The van der Waals surface area contributed by atoms with Crippen LogP contribution >= 0.6 is 11.3 Å². The van der Waals surface area contributed by atoms with Gasteiger partial charge in [0.2, 0.25) is 5.91 Å². The number of nitrogens with zero attached hydrogens (tertiary/aromatic N) is 3. The lowest BCUT2D eigenvalue weighted by atomic mass is 9.85. The van der Waals surface area contributed by atoms with Crippen molar-refractivity contribution >= 4 is 34.1 Å². The SMILES string of the molecule is CC1CN(c2cccc(-c3csc(NC(=O)CNC(=O)c4ccc5c(c4)C(C)(CO)CO5)n3)n2)CC(C)O1. The molecule has 1 saturated heterocycles. The number of rotatable bonds is 7. The van der Waals surface area contributed by atoms with E-state index in [1.807, 2.05) is 30.5 Å². The highest BCUT2D eigenvalue weighted by Crippen LogP contribution is 2.38. The zero-order valence-corrected chi connectivity index (χ0v) is 22.4. The molecule has 0 spiro atoms. The summed E-state index contributed by atoms with van der Waals surface area (Å²) in [7, 11) is 0. The first kappa shape index (κ1) is 26.1. The fourth-order valence-corrected chi connectivity index (χ4v) is 5.42. The Bertz CT molecular complexity index is 1340. The van der Waals surface area contributed by atoms with Crippen LogP contribution in [0.4, 0.5) is 10.9 Å². The fraction of sp³-hybridized carbons (Fsp3) is 0.407. The summed E-state index contributed by atoms with van der Waals surface area (Å²) in [4.78, 5) is 36.7. The van der Waals surface area contributed by atoms with Gasteiger partial charge in [-0.2, -0.15) is 0 Å². The van der Waals surface area contributed by atoms with Crippen LogP contribution in [0.2, 0.25) is 0 Å². The Balaban J connectivity index is 1.18. The van der Waals surface area contributed by atoms with E-state index in [1.54, 1.807) is 18.2 Å². The van der Waals surface area contributed by atoms with Crippen LogP contribution in [-0.2, 0) is 14.9 Å². The van der Waals surface area contributed by atoms with E-state index in [9.17, 15) is 14.7 Å². The van der Waals surface area contributed by atoms with Crippen molar-refractivity contribution in [1.29, 1.82) is 0 Å². The number of morpholine rings is 1. The lowest BCUT2D eigenvalue weighted by molar-refractivity contribution is -0.115. The number of nitrogens with one attached hydrogen (secondary N) is 2. The second-order valence-corrected chi connectivity index (χ2v) is 10.9. The number of aromatic nitrogens is 2. The Kier molecular flexibility index (Phi) is 7.33. The second-order valence-electron chi connectivity index (χ2n) is 10.0. The van der Waals surface area contributed by atoms with Gasteiger partial charge in [-0.1, -0.05) is 6.07 Å². The number of ether oxygens (including phenoxy) is 2. The van der Waals surface area contributed by atoms with Gasteiger partial charge in [-0.3, -0.25) is 9.59 Å². The third-order valence-corrected chi connectivity index (χ3v) is 7.45. The smallest absolute Gasteiger partial charge is 0.251 e. The first-order valence-electron chi connectivity index (χ1n) is 12.5. The van der Waals surface area contributed by atoms with Crippen LogP contribution in [-0.4, -0.2) is 71.9 Å². The number of aliphatic hydroxyl groups excluding tert-OH is 1. The Hall–Kier alpha value is -3.54. The van der Waals surface area contributed by atoms with Crippen molar-refractivity contribution in [2.24, 2.45) is 0 Å². The summed E-state index contributed by atoms with van der Waals surface area (Å²) in [5.74, 6) is 0.748. The van der Waals surface area contributed by atoms with Crippen LogP contribution < -0.4 is 20.3 Å². The second kappa shape index (κ2) is 10.7. The molecule has 3 N–H and O–H groups in total. The van der Waals surface area contributed by atoms with Crippen LogP contribution in [0.3, 0.4) is 0 Å². The predicted molar refractivity (Wildman–Crippen MR) is 145 cm³/mol. The van der Waals surface area contributed by atoms with Crippen LogP contribution in [0.15, 0.2) is 41.8 Å². The summed E-state index contributed by atoms with van der Waals surface area (Å²) in [5, 5.41) is 17.4. The van der Waals surface area contributed by atoms with Crippen molar-refractivity contribution < 1.29 is 24.2 Å². The third kappa shape index (κ3) is 5.50. The van der Waals surface area contributed by atoms with Crippen molar-refractivity contribution in [2.75, 3.05) is 43.1 Å². The van der Waals surface area contributed by atoms with E-state index in [0.717, 1.165) is 30.2 Å². The molecule has 0 bridgehead atoms. The number of anilines is 2. The molecule has 0 radical (unpaired) electrons. The average molecular weight is 538 g/mol. The van der Waals surface area contributed by atoms with Crippen LogP contribution in [0.1, 0.15) is 36.7 Å². The van der Waals surface area contributed by atoms with Crippen molar-refractivity contribution in [1.82, 2.24) is 15.3 Å². The number of amides is 2. The van der Waals surface area contributed by atoms with E-state index < -0.39 is 5.41 Å². The van der Waals surface area contributed by atoms with Gasteiger partial charge < -0.3 is 30.1 Å². The molecule has 0 saturated carbocycles. The number of thiazole rings is 1. The van der Waals surface area contributed by atoms with Crippen molar-refractivity contribution in [3.05, 3.63) is 52.9 Å². The maximum Gasteiger partial charge on any atom is 0.251 e. The largest absolute Gasteiger partial charge is 0.492 e. The molecular weight excluding hydrogens is 506 g/mol. The molecule has 11 heteroatoms. The van der Waals surface area contributed by atoms with Gasteiger partial charge >= 0.3 is 0 Å². The molecule has 3 unspecified atom stereocenters. The number of pyridine rings is 1. The highest BCUT2D eigenvalue weighted by atomic mass is 32.1. The number of benzene rings is 1. The van der Waals surface area contributed by atoms with E-state index in [-0.39, 0.29) is 37.2 Å². The summed E-state index contributed by atoms with van der Waals surface area (Å²) < 4.78 is 11.4. The minimum absolute atomic E-state index is 0.0886. The average Bonchev–Trinajstić information content (AvgIpc) is 3.51. The summed E-state index contributed by atoms with van der Waals surface area (Å²) in [6.45, 7) is 7.58. The van der Waals surface area contributed by atoms with Gasteiger partial charge in [0.1, 0.15) is 17.3 Å². The van der Waals surface area contributed by atoms with Crippen molar-refractivity contribution in [3.8, 4) is 17.1 Å². The Morgan fingerprint density at radius 1 is 1.16 bits per heavy atom. The molecular formula is C27H31N5O5S. The third-order valence-electron chi connectivity index (χ3n) is 6.69. The minimum Gasteiger partial charge on any atom is -0.492 e. The Morgan fingerprint density at radius 3 is 2.71 bits per heavy atom. The molecule has 3 atom stereocenters. The molecule has 38 heavy (non-hydrogen) atoms. The topological polar surface area (TPSA) is 126 Å². The van der Waals surface area contributed by atoms with E-state index >= 15 is 0 Å². The molecule has 0 aliphatic carbocycles. The summed E-state index contributed by atoms with van der Waals surface area (Å²) >= 11 is 1.29. The predicted octanol–water partition coefficient (Wildman–Crippen LogP) is 2.83. The Labute approximate surface area is 225 Å². The van der Waals surface area contributed by atoms with Crippen LogP contribution in [0.5, 0.6) is 5.75 Å². The zero-order chi connectivity index (χ0) is 26.9. The standard InChI is InChI=1S/C27H31N5O5S/c1-16-11-32(12-17(2)37-16)23-6-4-5-20(29-23)21-13-38-26(30-21)31-24(34)10-28-25(35)18-7-8-22-19(9-18)27(3,14-33)15-36-22/h4-9,13,16-17,33H,10-12,14-15H2,1-3H3,(H,28,35)(H,30,31,34). The van der Waals surface area contributed by atoms with Gasteiger partial charge in [-0.15, -0.1) is 11.3 Å². The summed E-state index contributed by atoms with van der Waals surface area (Å²) in [5.41, 5.74) is 2.00. The number of carbonyl (C=O) groups excluding carboxylic acids is 2. The summed E-state index contributed by atoms with van der Waals surface area (Å²) in [6, 6.07) is 10.9. The summed E-state index contributed by atoms with van der Waals surface area (Å²) in [6.07, 6.45) is 0.256. The molecule has 4 heterocycles. The molecule has 200 valence electrons. The van der Waals surface area contributed by atoms with Crippen molar-refractivity contribution in [2.45, 2.75) is 38.4 Å². The molecule has 2 aliphatic rings.